The standard InChI is InChI=1S/C23H19FN4O6S2/c1-12-23(35-13(2)27-12)36(32,33)28-17-6-15(5-16(24)7-17)21-25-9-14(10-26-21)11-34-18-3-4-20(29)19(8-18)22(30)31/h3-10,28-29H,11H2,1-2H3,(H,30,31). The second-order valence-electron chi connectivity index (χ2n) is 7.63. The third kappa shape index (κ3) is 5.58. The van der Waals surface area contributed by atoms with Crippen molar-refractivity contribution in [2.24, 2.45) is 0 Å². The Labute approximate surface area is 209 Å². The molecule has 0 unspecified atom stereocenters. The number of nitrogens with one attached hydrogen (secondary N) is 1. The van der Waals surface area contributed by atoms with Crippen LogP contribution in [-0.2, 0) is 16.6 Å². The van der Waals surface area contributed by atoms with Crippen LogP contribution in [0.15, 0.2) is 53.0 Å². The van der Waals surface area contributed by atoms with Gasteiger partial charge in [0.15, 0.2) is 10.0 Å². The van der Waals surface area contributed by atoms with Gasteiger partial charge < -0.3 is 14.9 Å². The maximum atomic E-state index is 14.3. The Kier molecular flexibility index (Phi) is 6.86. The van der Waals surface area contributed by atoms with Gasteiger partial charge in [-0.1, -0.05) is 0 Å². The highest BCUT2D eigenvalue weighted by Gasteiger charge is 2.22. The van der Waals surface area contributed by atoms with E-state index in [0.717, 1.165) is 17.4 Å². The Morgan fingerprint density at radius 2 is 1.86 bits per heavy atom. The van der Waals surface area contributed by atoms with Crippen LogP contribution in [0.5, 0.6) is 11.5 Å². The Bertz CT molecular complexity index is 1560. The molecule has 2 aromatic heterocycles. The number of sulfonamides is 1. The van der Waals surface area contributed by atoms with Crippen LogP contribution in [0.1, 0.15) is 26.6 Å². The van der Waals surface area contributed by atoms with Gasteiger partial charge in [-0.05, 0) is 50.2 Å². The average molecular weight is 531 g/mol. The SMILES string of the molecule is Cc1nc(C)c(S(=O)(=O)Nc2cc(F)cc(-c3ncc(COc4ccc(O)c(C(=O)O)c4)cn3)c2)s1. The summed E-state index contributed by atoms with van der Waals surface area (Å²) in [5, 5.41) is 19.3. The molecular weight excluding hydrogens is 511 g/mol. The first-order valence-corrected chi connectivity index (χ1v) is 12.6. The smallest absolute Gasteiger partial charge is 0.339 e. The highest BCUT2D eigenvalue weighted by Crippen LogP contribution is 2.28. The van der Waals surface area contributed by atoms with Crippen LogP contribution >= 0.6 is 11.3 Å². The summed E-state index contributed by atoms with van der Waals surface area (Å²) < 4.78 is 47.8. The molecule has 0 radical (unpaired) electrons. The lowest BCUT2D eigenvalue weighted by Gasteiger charge is -2.10. The number of nitrogens with zero attached hydrogens (tertiary/aromatic N) is 3. The van der Waals surface area contributed by atoms with Crippen LogP contribution in [0, 0.1) is 19.7 Å². The zero-order valence-electron chi connectivity index (χ0n) is 18.9. The molecule has 0 saturated carbocycles. The molecule has 0 bridgehead atoms. The van der Waals surface area contributed by atoms with Crippen LogP contribution in [-0.4, -0.2) is 39.6 Å². The molecule has 0 spiro atoms. The number of phenols is 1. The number of hydrogen-bond donors (Lipinski definition) is 3. The minimum atomic E-state index is -3.96. The molecule has 13 heteroatoms. The first-order valence-electron chi connectivity index (χ1n) is 10.3. The molecule has 10 nitrogen and oxygen atoms in total. The lowest BCUT2D eigenvalue weighted by atomic mass is 10.2. The van der Waals surface area contributed by atoms with Crippen molar-refractivity contribution in [2.75, 3.05) is 4.72 Å². The molecule has 4 aromatic rings. The van der Waals surface area contributed by atoms with E-state index in [-0.39, 0.29) is 45.0 Å². The quantitative estimate of drug-likeness (QED) is 0.305. The second-order valence-corrected chi connectivity index (χ2v) is 10.7. The number of benzene rings is 2. The van der Waals surface area contributed by atoms with Crippen molar-refractivity contribution in [2.45, 2.75) is 24.7 Å². The van der Waals surface area contributed by atoms with Crippen LogP contribution in [0.2, 0.25) is 0 Å². The third-order valence-corrected chi connectivity index (χ3v) is 7.89. The van der Waals surface area contributed by atoms with Gasteiger partial charge in [0, 0.05) is 23.5 Å². The number of carboxylic acid groups (broad SMARTS) is 1. The van der Waals surface area contributed by atoms with Crippen LogP contribution < -0.4 is 9.46 Å². The van der Waals surface area contributed by atoms with Crippen molar-refractivity contribution >= 4 is 33.0 Å². The number of aromatic hydroxyl groups is 1. The molecule has 0 fully saturated rings. The molecule has 2 heterocycles. The zero-order chi connectivity index (χ0) is 26.0. The monoisotopic (exact) mass is 530 g/mol. The molecule has 2 aromatic carbocycles. The van der Waals surface area contributed by atoms with Crippen molar-refractivity contribution < 1.29 is 32.6 Å². The number of halogens is 1. The number of ether oxygens (including phenoxy) is 1. The first-order chi connectivity index (χ1) is 17.0. The van der Waals surface area contributed by atoms with Gasteiger partial charge in [-0.15, -0.1) is 11.3 Å². The molecule has 0 amide bonds. The fraction of sp³-hybridized carbons (Fsp3) is 0.130. The van der Waals surface area contributed by atoms with E-state index in [4.69, 9.17) is 9.84 Å². The van der Waals surface area contributed by atoms with Crippen molar-refractivity contribution in [3.8, 4) is 22.9 Å². The van der Waals surface area contributed by atoms with E-state index in [0.29, 0.717) is 16.3 Å². The van der Waals surface area contributed by atoms with Crippen molar-refractivity contribution in [3.63, 3.8) is 0 Å². The summed E-state index contributed by atoms with van der Waals surface area (Å²) in [6.45, 7) is 3.29. The van der Waals surface area contributed by atoms with E-state index < -0.39 is 21.8 Å². The maximum absolute atomic E-state index is 14.3. The highest BCUT2D eigenvalue weighted by molar-refractivity contribution is 7.94. The Morgan fingerprint density at radius 1 is 1.14 bits per heavy atom. The van der Waals surface area contributed by atoms with Crippen LogP contribution in [0.3, 0.4) is 0 Å². The second kappa shape index (κ2) is 9.87. The lowest BCUT2D eigenvalue weighted by molar-refractivity contribution is 0.0693. The summed E-state index contributed by atoms with van der Waals surface area (Å²) in [4.78, 5) is 23.6. The average Bonchev–Trinajstić information content (AvgIpc) is 3.17. The molecule has 0 saturated heterocycles. The topological polar surface area (TPSA) is 152 Å². The summed E-state index contributed by atoms with van der Waals surface area (Å²) >= 11 is 1.02. The minimum absolute atomic E-state index is 0.00588. The fourth-order valence-electron chi connectivity index (χ4n) is 3.26. The third-order valence-electron chi connectivity index (χ3n) is 4.82. The van der Waals surface area contributed by atoms with E-state index >= 15 is 0 Å². The normalized spacial score (nSPS) is 11.3. The van der Waals surface area contributed by atoms with E-state index in [1.165, 1.54) is 42.7 Å². The number of aromatic nitrogens is 3. The summed E-state index contributed by atoms with van der Waals surface area (Å²) in [5.74, 6) is -1.97. The van der Waals surface area contributed by atoms with Gasteiger partial charge in [0.2, 0.25) is 0 Å². The van der Waals surface area contributed by atoms with Gasteiger partial charge in [-0.25, -0.2) is 32.6 Å². The summed E-state index contributed by atoms with van der Waals surface area (Å²) in [5.41, 5.74) is 0.860. The van der Waals surface area contributed by atoms with Gasteiger partial charge in [0.1, 0.15) is 29.5 Å². The molecule has 0 atom stereocenters. The summed E-state index contributed by atoms with van der Waals surface area (Å²) in [6.07, 6.45) is 2.89. The number of aromatic carboxylic acids is 1. The highest BCUT2D eigenvalue weighted by atomic mass is 32.2. The number of carbonyl (C=O) groups is 1. The maximum Gasteiger partial charge on any atom is 0.339 e. The van der Waals surface area contributed by atoms with Gasteiger partial charge in [0.25, 0.3) is 10.0 Å². The molecule has 0 aliphatic carbocycles. The Hall–Kier alpha value is -4.10. The molecular formula is C23H19FN4O6S2. The van der Waals surface area contributed by atoms with E-state index in [1.54, 1.807) is 13.8 Å². The Morgan fingerprint density at radius 3 is 2.50 bits per heavy atom. The van der Waals surface area contributed by atoms with E-state index in [1.807, 2.05) is 0 Å². The van der Waals surface area contributed by atoms with Gasteiger partial charge in [-0.3, -0.25) is 4.72 Å². The van der Waals surface area contributed by atoms with Crippen LogP contribution in [0.4, 0.5) is 10.1 Å². The fourth-order valence-corrected chi connectivity index (χ4v) is 5.79. The Balaban J connectivity index is 1.50. The number of rotatable bonds is 8. The summed E-state index contributed by atoms with van der Waals surface area (Å²) in [6, 6.07) is 7.47. The molecule has 36 heavy (non-hydrogen) atoms. The molecule has 186 valence electrons. The number of hydrogen-bond acceptors (Lipinski definition) is 9. The lowest BCUT2D eigenvalue weighted by Crippen LogP contribution is -2.13. The molecule has 3 N–H and O–H groups in total. The van der Waals surface area contributed by atoms with Gasteiger partial charge in [0.05, 0.1) is 16.4 Å². The number of carboxylic acids is 1. The predicted molar refractivity (Wildman–Crippen MR) is 129 cm³/mol. The van der Waals surface area contributed by atoms with Gasteiger partial charge in [-0.2, -0.15) is 0 Å². The number of aryl methyl sites for hydroxylation is 2. The van der Waals surface area contributed by atoms with E-state index in [2.05, 4.69) is 19.7 Å². The molecule has 4 rings (SSSR count). The predicted octanol–water partition coefficient (Wildman–Crippen LogP) is 4.14. The summed E-state index contributed by atoms with van der Waals surface area (Å²) in [7, 11) is -3.96. The molecule has 0 aliphatic rings. The largest absolute Gasteiger partial charge is 0.507 e. The van der Waals surface area contributed by atoms with Gasteiger partial charge >= 0.3 is 5.97 Å². The van der Waals surface area contributed by atoms with Crippen LogP contribution in [0.25, 0.3) is 11.4 Å². The number of anilines is 1. The first kappa shape index (κ1) is 25.0. The zero-order valence-corrected chi connectivity index (χ0v) is 20.5. The van der Waals surface area contributed by atoms with Crippen molar-refractivity contribution in [1.29, 1.82) is 0 Å². The van der Waals surface area contributed by atoms with Crippen molar-refractivity contribution in [1.82, 2.24) is 15.0 Å². The van der Waals surface area contributed by atoms with E-state index in [9.17, 15) is 22.7 Å². The van der Waals surface area contributed by atoms with Crippen molar-refractivity contribution in [3.05, 3.63) is 76.4 Å². The molecule has 0 aliphatic heterocycles. The minimum Gasteiger partial charge on any atom is -0.507 e. The number of thiazole rings is 1.